The van der Waals surface area contributed by atoms with Crippen LogP contribution in [0.25, 0.3) is 0 Å². The SMILES string of the molecule is CCCCCCCCCC/C=C\CCCCCCCCCCCCCCCC(=O)OC(COC(=O)CCCCCCCCC)COC(=O)CCCCCCCCCCCCCCCCCCCCCCCCCCCCCC. The van der Waals surface area contributed by atoms with Crippen molar-refractivity contribution in [1.29, 1.82) is 0 Å². The van der Waals surface area contributed by atoms with Crippen LogP contribution in [0.15, 0.2) is 12.2 Å². The molecule has 78 heavy (non-hydrogen) atoms. The van der Waals surface area contributed by atoms with Crippen molar-refractivity contribution < 1.29 is 28.6 Å². The first-order valence-corrected chi connectivity index (χ1v) is 35.7. The number of hydrogen-bond donors (Lipinski definition) is 0. The van der Waals surface area contributed by atoms with Gasteiger partial charge in [-0.2, -0.15) is 0 Å². The van der Waals surface area contributed by atoms with E-state index in [9.17, 15) is 14.4 Å². The maximum Gasteiger partial charge on any atom is 0.306 e. The van der Waals surface area contributed by atoms with Crippen LogP contribution in [0.3, 0.4) is 0 Å². The highest BCUT2D eigenvalue weighted by Crippen LogP contribution is 2.19. The Morgan fingerprint density at radius 1 is 0.244 bits per heavy atom. The fraction of sp³-hybridized carbons (Fsp3) is 0.931. The van der Waals surface area contributed by atoms with Crippen LogP contribution < -0.4 is 0 Å². The van der Waals surface area contributed by atoms with Gasteiger partial charge in [-0.25, -0.2) is 0 Å². The molecule has 462 valence electrons. The zero-order chi connectivity index (χ0) is 56.4. The lowest BCUT2D eigenvalue weighted by Crippen LogP contribution is -2.30. The number of carbonyl (C=O) groups excluding carboxylic acids is 3. The standard InChI is InChI=1S/C72H138O6/c1-4-7-10-13-16-18-20-22-24-26-28-30-32-34-35-36-38-39-41-43-45-47-49-51-53-56-59-62-65-71(74)77-68-69(67-76-70(73)64-61-58-55-15-12-9-6-3)78-72(75)66-63-60-57-54-52-50-48-46-44-42-40-37-33-31-29-27-25-23-21-19-17-14-11-8-5-2/h27,29,69H,4-26,28,30-68H2,1-3H3/b29-27-. The lowest BCUT2D eigenvalue weighted by Gasteiger charge is -2.18. The molecule has 0 aliphatic carbocycles. The van der Waals surface area contributed by atoms with Crippen molar-refractivity contribution in [2.24, 2.45) is 0 Å². The first kappa shape index (κ1) is 76.1. The molecule has 0 aromatic heterocycles. The van der Waals surface area contributed by atoms with Crippen LogP contribution in [-0.2, 0) is 28.6 Å². The highest BCUT2D eigenvalue weighted by Gasteiger charge is 2.19. The summed E-state index contributed by atoms with van der Waals surface area (Å²) in [6.07, 6.45) is 81.4. The highest BCUT2D eigenvalue weighted by molar-refractivity contribution is 5.71. The Bertz CT molecular complexity index is 1210. The molecule has 0 radical (unpaired) electrons. The molecule has 0 aromatic carbocycles. The molecule has 0 saturated carbocycles. The molecular formula is C72H138O6. The number of unbranched alkanes of at least 4 members (excludes halogenated alkanes) is 54. The smallest absolute Gasteiger partial charge is 0.306 e. The first-order chi connectivity index (χ1) is 38.5. The molecule has 0 aliphatic rings. The second-order valence-electron chi connectivity index (χ2n) is 24.5. The Hall–Kier alpha value is -1.85. The van der Waals surface area contributed by atoms with Gasteiger partial charge in [0.1, 0.15) is 13.2 Å². The molecule has 0 N–H and O–H groups in total. The van der Waals surface area contributed by atoms with Crippen LogP contribution in [0.1, 0.15) is 412 Å². The average molecular weight is 1100 g/mol. The van der Waals surface area contributed by atoms with Crippen molar-refractivity contribution in [3.05, 3.63) is 12.2 Å². The van der Waals surface area contributed by atoms with E-state index in [1.165, 1.54) is 315 Å². The van der Waals surface area contributed by atoms with Crippen LogP contribution in [0.5, 0.6) is 0 Å². The third-order valence-corrected chi connectivity index (χ3v) is 16.5. The third kappa shape index (κ3) is 65.0. The summed E-state index contributed by atoms with van der Waals surface area (Å²) < 4.78 is 16.9. The molecule has 0 spiro atoms. The first-order valence-electron chi connectivity index (χ1n) is 35.7. The second-order valence-corrected chi connectivity index (χ2v) is 24.5. The summed E-state index contributed by atoms with van der Waals surface area (Å²) in [4.78, 5) is 38.2. The molecule has 0 amide bonds. The molecule has 0 fully saturated rings. The van der Waals surface area contributed by atoms with Crippen LogP contribution in [-0.4, -0.2) is 37.2 Å². The quantitative estimate of drug-likeness (QED) is 0.0261. The maximum atomic E-state index is 12.9. The van der Waals surface area contributed by atoms with Crippen LogP contribution in [0.4, 0.5) is 0 Å². The molecule has 0 aromatic rings. The maximum absolute atomic E-state index is 12.9. The number of hydrogen-bond acceptors (Lipinski definition) is 6. The highest BCUT2D eigenvalue weighted by atomic mass is 16.6. The van der Waals surface area contributed by atoms with E-state index >= 15 is 0 Å². The zero-order valence-corrected chi connectivity index (χ0v) is 53.2. The van der Waals surface area contributed by atoms with Crippen molar-refractivity contribution in [3.8, 4) is 0 Å². The van der Waals surface area contributed by atoms with Gasteiger partial charge in [0.2, 0.25) is 0 Å². The van der Waals surface area contributed by atoms with Gasteiger partial charge in [0.15, 0.2) is 6.10 Å². The lowest BCUT2D eigenvalue weighted by molar-refractivity contribution is -0.167. The van der Waals surface area contributed by atoms with E-state index < -0.39 is 6.10 Å². The largest absolute Gasteiger partial charge is 0.462 e. The van der Waals surface area contributed by atoms with E-state index in [4.69, 9.17) is 14.2 Å². The number of ether oxygens (including phenoxy) is 3. The zero-order valence-electron chi connectivity index (χ0n) is 53.2. The summed E-state index contributed by atoms with van der Waals surface area (Å²) in [5, 5.41) is 0. The molecular weight excluding hydrogens is 961 g/mol. The number of carbonyl (C=O) groups is 3. The Labute approximate surface area is 488 Å². The summed E-state index contributed by atoms with van der Waals surface area (Å²) in [5.41, 5.74) is 0. The summed E-state index contributed by atoms with van der Waals surface area (Å²) >= 11 is 0. The summed E-state index contributed by atoms with van der Waals surface area (Å²) in [6, 6.07) is 0. The predicted molar refractivity (Wildman–Crippen MR) is 340 cm³/mol. The molecule has 6 heteroatoms. The third-order valence-electron chi connectivity index (χ3n) is 16.5. The molecule has 1 unspecified atom stereocenters. The number of rotatable bonds is 67. The number of esters is 3. The van der Waals surface area contributed by atoms with Gasteiger partial charge in [-0.15, -0.1) is 0 Å². The summed E-state index contributed by atoms with van der Waals surface area (Å²) in [6.45, 7) is 6.68. The summed E-state index contributed by atoms with van der Waals surface area (Å²) in [7, 11) is 0. The predicted octanol–water partition coefficient (Wildman–Crippen LogP) is 24.4. The average Bonchev–Trinajstić information content (AvgIpc) is 3.44. The summed E-state index contributed by atoms with van der Waals surface area (Å²) in [5.74, 6) is -0.839. The molecule has 0 bridgehead atoms. The second kappa shape index (κ2) is 67.7. The van der Waals surface area contributed by atoms with Crippen molar-refractivity contribution >= 4 is 17.9 Å². The minimum Gasteiger partial charge on any atom is -0.462 e. The van der Waals surface area contributed by atoms with Crippen LogP contribution >= 0.6 is 0 Å². The fourth-order valence-corrected chi connectivity index (χ4v) is 11.2. The van der Waals surface area contributed by atoms with Gasteiger partial charge in [0, 0.05) is 19.3 Å². The van der Waals surface area contributed by atoms with E-state index in [1.54, 1.807) is 0 Å². The lowest BCUT2D eigenvalue weighted by atomic mass is 10.0. The van der Waals surface area contributed by atoms with E-state index in [1.807, 2.05) is 0 Å². The minimum atomic E-state index is -0.764. The Balaban J connectivity index is 4.00. The Morgan fingerprint density at radius 2 is 0.423 bits per heavy atom. The van der Waals surface area contributed by atoms with Gasteiger partial charge in [-0.1, -0.05) is 360 Å². The van der Waals surface area contributed by atoms with E-state index in [2.05, 4.69) is 32.9 Å². The van der Waals surface area contributed by atoms with Crippen LogP contribution in [0, 0.1) is 0 Å². The van der Waals surface area contributed by atoms with Crippen molar-refractivity contribution in [2.45, 2.75) is 419 Å². The van der Waals surface area contributed by atoms with Crippen molar-refractivity contribution in [1.82, 2.24) is 0 Å². The van der Waals surface area contributed by atoms with Gasteiger partial charge in [0.05, 0.1) is 0 Å². The minimum absolute atomic E-state index is 0.0636. The van der Waals surface area contributed by atoms with Gasteiger partial charge >= 0.3 is 17.9 Å². The Kier molecular flexibility index (Phi) is 66.0. The Morgan fingerprint density at radius 3 is 0.641 bits per heavy atom. The molecule has 0 saturated heterocycles. The van der Waals surface area contributed by atoms with E-state index in [0.717, 1.165) is 57.8 Å². The molecule has 0 heterocycles. The van der Waals surface area contributed by atoms with Crippen LogP contribution in [0.2, 0.25) is 0 Å². The molecule has 0 aliphatic heterocycles. The topological polar surface area (TPSA) is 78.9 Å². The molecule has 1 atom stereocenters. The molecule has 6 nitrogen and oxygen atoms in total. The molecule has 0 rings (SSSR count). The fourth-order valence-electron chi connectivity index (χ4n) is 11.2. The van der Waals surface area contributed by atoms with Crippen molar-refractivity contribution in [3.63, 3.8) is 0 Å². The monoisotopic (exact) mass is 1100 g/mol. The van der Waals surface area contributed by atoms with Gasteiger partial charge in [-0.3, -0.25) is 14.4 Å². The van der Waals surface area contributed by atoms with Gasteiger partial charge < -0.3 is 14.2 Å². The van der Waals surface area contributed by atoms with Gasteiger partial charge in [-0.05, 0) is 44.9 Å². The van der Waals surface area contributed by atoms with E-state index in [-0.39, 0.29) is 31.1 Å². The van der Waals surface area contributed by atoms with Crippen molar-refractivity contribution in [2.75, 3.05) is 13.2 Å². The van der Waals surface area contributed by atoms with Gasteiger partial charge in [0.25, 0.3) is 0 Å². The number of allylic oxidation sites excluding steroid dienone is 2. The van der Waals surface area contributed by atoms with E-state index in [0.29, 0.717) is 19.3 Å². The normalized spacial score (nSPS) is 12.0.